The largest absolute Gasteiger partial charge is 0.398 e. The van der Waals surface area contributed by atoms with Crippen LogP contribution >= 0.6 is 22.6 Å². The fourth-order valence-electron chi connectivity index (χ4n) is 1.05. The maximum absolute atomic E-state index is 11.2. The second-order valence-corrected chi connectivity index (χ2v) is 3.87. The third kappa shape index (κ3) is 1.60. The Balaban J connectivity index is 3.43. The van der Waals surface area contributed by atoms with E-state index < -0.39 is 0 Å². The molecule has 2 nitrogen and oxygen atoms in total. The van der Waals surface area contributed by atoms with Gasteiger partial charge in [-0.15, -0.1) is 0 Å². The van der Waals surface area contributed by atoms with E-state index in [1.54, 1.807) is 0 Å². The molecule has 0 heterocycles. The topological polar surface area (TPSA) is 43.1 Å². The molecule has 0 aromatic heterocycles. The van der Waals surface area contributed by atoms with Crippen LogP contribution in [0.2, 0.25) is 0 Å². The van der Waals surface area contributed by atoms with Gasteiger partial charge in [-0.05, 0) is 48.1 Å². The highest BCUT2D eigenvalue weighted by Crippen LogP contribution is 2.22. The van der Waals surface area contributed by atoms with Crippen LogP contribution in [-0.4, -0.2) is 5.78 Å². The molecule has 0 bridgehead atoms. The fourth-order valence-corrected chi connectivity index (χ4v) is 1.91. The number of Topliss-reactive ketones (excluding diaryl/α,β-unsaturated/α-hetero) is 1. The van der Waals surface area contributed by atoms with Crippen LogP contribution in [0.1, 0.15) is 22.8 Å². The average molecular weight is 275 g/mol. The smallest absolute Gasteiger partial charge is 0.162 e. The first-order chi connectivity index (χ1) is 5.54. The predicted octanol–water partition coefficient (Wildman–Crippen LogP) is 2.38. The molecule has 0 saturated heterocycles. The summed E-state index contributed by atoms with van der Waals surface area (Å²) in [6.07, 6.45) is 0. The van der Waals surface area contributed by atoms with E-state index in [-0.39, 0.29) is 5.78 Å². The zero-order valence-electron chi connectivity index (χ0n) is 7.02. The molecule has 12 heavy (non-hydrogen) atoms. The molecule has 64 valence electrons. The molecule has 2 N–H and O–H groups in total. The van der Waals surface area contributed by atoms with Crippen LogP contribution < -0.4 is 5.73 Å². The first-order valence-electron chi connectivity index (χ1n) is 3.59. The number of carbonyl (C=O) groups is 1. The van der Waals surface area contributed by atoms with Crippen molar-refractivity contribution in [3.8, 4) is 0 Å². The molecule has 3 heteroatoms. The average Bonchev–Trinajstić information content (AvgIpc) is 1.97. The number of anilines is 1. The van der Waals surface area contributed by atoms with E-state index in [2.05, 4.69) is 22.6 Å². The van der Waals surface area contributed by atoms with Crippen molar-refractivity contribution in [1.82, 2.24) is 0 Å². The minimum absolute atomic E-state index is 0.0283. The highest BCUT2D eigenvalue weighted by atomic mass is 127. The van der Waals surface area contributed by atoms with Gasteiger partial charge in [0.2, 0.25) is 0 Å². The predicted molar refractivity (Wildman–Crippen MR) is 58.3 cm³/mol. The lowest BCUT2D eigenvalue weighted by atomic mass is 10.1. The highest BCUT2D eigenvalue weighted by Gasteiger charge is 2.10. The Labute approximate surface area is 85.3 Å². The van der Waals surface area contributed by atoms with E-state index >= 15 is 0 Å². The summed E-state index contributed by atoms with van der Waals surface area (Å²) in [7, 11) is 0. The van der Waals surface area contributed by atoms with Crippen molar-refractivity contribution in [2.75, 3.05) is 5.73 Å². The molecule has 0 fully saturated rings. The molecule has 1 aromatic carbocycles. The van der Waals surface area contributed by atoms with Gasteiger partial charge >= 0.3 is 0 Å². The summed E-state index contributed by atoms with van der Waals surface area (Å²) in [6, 6.07) is 3.83. The molecule has 1 rings (SSSR count). The maximum atomic E-state index is 11.2. The summed E-state index contributed by atoms with van der Waals surface area (Å²) in [4.78, 5) is 11.2. The van der Waals surface area contributed by atoms with Crippen molar-refractivity contribution in [2.45, 2.75) is 13.8 Å². The quantitative estimate of drug-likeness (QED) is 0.486. The van der Waals surface area contributed by atoms with Gasteiger partial charge in [0.05, 0.1) is 5.56 Å². The first kappa shape index (κ1) is 9.51. The molecule has 0 saturated carbocycles. The van der Waals surface area contributed by atoms with Crippen LogP contribution in [0.4, 0.5) is 5.69 Å². The molecular formula is C9H10INO. The van der Waals surface area contributed by atoms with E-state index in [1.165, 1.54) is 6.92 Å². The highest BCUT2D eigenvalue weighted by molar-refractivity contribution is 14.1. The summed E-state index contributed by atoms with van der Waals surface area (Å²) < 4.78 is 0.920. The summed E-state index contributed by atoms with van der Waals surface area (Å²) in [5.74, 6) is 0.0283. The third-order valence-corrected chi connectivity index (χ3v) is 2.66. The SMILES string of the molecule is CC(=O)c1c(I)ccc(C)c1N. The molecule has 0 atom stereocenters. The molecule has 0 radical (unpaired) electrons. The zero-order chi connectivity index (χ0) is 9.30. The lowest BCUT2D eigenvalue weighted by Crippen LogP contribution is -2.04. The molecule has 0 spiro atoms. The van der Waals surface area contributed by atoms with Crippen molar-refractivity contribution < 1.29 is 4.79 Å². The molecular weight excluding hydrogens is 265 g/mol. The number of ketones is 1. The van der Waals surface area contributed by atoms with Crippen LogP contribution in [-0.2, 0) is 0 Å². The van der Waals surface area contributed by atoms with Crippen molar-refractivity contribution in [3.63, 3.8) is 0 Å². The van der Waals surface area contributed by atoms with Crippen LogP contribution in [0.5, 0.6) is 0 Å². The number of hydrogen-bond acceptors (Lipinski definition) is 2. The molecule has 0 amide bonds. The van der Waals surface area contributed by atoms with Crippen LogP contribution in [0.25, 0.3) is 0 Å². The number of aryl methyl sites for hydroxylation is 1. The Hall–Kier alpha value is -0.580. The van der Waals surface area contributed by atoms with Gasteiger partial charge in [-0.1, -0.05) is 6.07 Å². The number of nitrogen functional groups attached to an aromatic ring is 1. The summed E-state index contributed by atoms with van der Waals surface area (Å²) >= 11 is 2.12. The molecule has 0 unspecified atom stereocenters. The number of hydrogen-bond donors (Lipinski definition) is 1. The number of carbonyl (C=O) groups excluding carboxylic acids is 1. The number of nitrogens with two attached hydrogens (primary N) is 1. The van der Waals surface area contributed by atoms with Gasteiger partial charge in [0.25, 0.3) is 0 Å². The van der Waals surface area contributed by atoms with E-state index in [1.807, 2.05) is 19.1 Å². The Bertz CT molecular complexity index is 334. The number of rotatable bonds is 1. The lowest BCUT2D eigenvalue weighted by Gasteiger charge is -2.06. The maximum Gasteiger partial charge on any atom is 0.162 e. The third-order valence-electron chi connectivity index (χ3n) is 1.76. The van der Waals surface area contributed by atoms with Gasteiger partial charge < -0.3 is 5.73 Å². The fraction of sp³-hybridized carbons (Fsp3) is 0.222. The molecule has 0 aliphatic heterocycles. The van der Waals surface area contributed by atoms with E-state index in [4.69, 9.17) is 5.73 Å². The normalized spacial score (nSPS) is 9.92. The Morgan fingerprint density at radius 2 is 2.08 bits per heavy atom. The Morgan fingerprint density at radius 1 is 1.50 bits per heavy atom. The first-order valence-corrected chi connectivity index (χ1v) is 4.67. The van der Waals surface area contributed by atoms with Crippen molar-refractivity contribution in [3.05, 3.63) is 26.8 Å². The van der Waals surface area contributed by atoms with Gasteiger partial charge in [-0.2, -0.15) is 0 Å². The van der Waals surface area contributed by atoms with Gasteiger partial charge in [0.1, 0.15) is 0 Å². The van der Waals surface area contributed by atoms with Crippen molar-refractivity contribution >= 4 is 34.1 Å². The minimum atomic E-state index is 0.0283. The molecule has 1 aromatic rings. The monoisotopic (exact) mass is 275 g/mol. The Kier molecular flexibility index (Phi) is 2.72. The molecule has 0 aliphatic carbocycles. The second-order valence-electron chi connectivity index (χ2n) is 2.71. The summed E-state index contributed by atoms with van der Waals surface area (Å²) in [6.45, 7) is 3.44. The summed E-state index contributed by atoms with van der Waals surface area (Å²) in [5.41, 5.74) is 7.97. The van der Waals surface area contributed by atoms with Crippen LogP contribution in [0.15, 0.2) is 12.1 Å². The van der Waals surface area contributed by atoms with Gasteiger partial charge in [-0.25, -0.2) is 0 Å². The zero-order valence-corrected chi connectivity index (χ0v) is 9.18. The van der Waals surface area contributed by atoms with E-state index in [0.29, 0.717) is 11.3 Å². The minimum Gasteiger partial charge on any atom is -0.398 e. The van der Waals surface area contributed by atoms with Crippen LogP contribution in [0, 0.1) is 10.5 Å². The lowest BCUT2D eigenvalue weighted by molar-refractivity contribution is 0.101. The van der Waals surface area contributed by atoms with Crippen LogP contribution in [0.3, 0.4) is 0 Å². The van der Waals surface area contributed by atoms with Gasteiger partial charge in [-0.3, -0.25) is 4.79 Å². The van der Waals surface area contributed by atoms with Gasteiger partial charge in [0, 0.05) is 9.26 Å². The number of benzene rings is 1. The van der Waals surface area contributed by atoms with E-state index in [9.17, 15) is 4.79 Å². The van der Waals surface area contributed by atoms with Crippen molar-refractivity contribution in [1.29, 1.82) is 0 Å². The van der Waals surface area contributed by atoms with Crippen molar-refractivity contribution in [2.24, 2.45) is 0 Å². The Morgan fingerprint density at radius 3 is 2.50 bits per heavy atom. The second kappa shape index (κ2) is 3.43. The summed E-state index contributed by atoms with van der Waals surface area (Å²) in [5, 5.41) is 0. The number of halogens is 1. The van der Waals surface area contributed by atoms with Gasteiger partial charge in [0.15, 0.2) is 5.78 Å². The standard InChI is InChI=1S/C9H10INO/c1-5-3-4-7(10)8(6(2)12)9(5)11/h3-4H,11H2,1-2H3. The van der Waals surface area contributed by atoms with E-state index in [0.717, 1.165) is 9.13 Å². The molecule has 0 aliphatic rings.